The Kier molecular flexibility index (Phi) is 7.90. The highest BCUT2D eigenvalue weighted by Crippen LogP contribution is 2.36. The zero-order valence-corrected chi connectivity index (χ0v) is 24.9. The molecule has 1 atom stereocenters. The SMILES string of the molecule is Cc1cc(C)c(-c2ccc(NC(=O)[C@H](Cc3ccc(C(=O)O)cc3)c3ccc(-c4ccc5c(c4)OCO5)cc3)cc2)c(C)c1. The largest absolute Gasteiger partial charge is 0.478 e. The highest BCUT2D eigenvalue weighted by molar-refractivity contribution is 5.96. The van der Waals surface area contributed by atoms with Crippen molar-refractivity contribution in [2.45, 2.75) is 33.1 Å². The van der Waals surface area contributed by atoms with E-state index in [0.717, 1.165) is 33.6 Å². The molecule has 5 aromatic rings. The zero-order valence-electron chi connectivity index (χ0n) is 24.9. The van der Waals surface area contributed by atoms with Gasteiger partial charge in [0, 0.05) is 5.69 Å². The lowest BCUT2D eigenvalue weighted by Crippen LogP contribution is -2.23. The lowest BCUT2D eigenvalue weighted by atomic mass is 9.89. The number of carbonyl (C=O) groups excluding carboxylic acids is 1. The summed E-state index contributed by atoms with van der Waals surface area (Å²) in [5.41, 5.74) is 10.6. The van der Waals surface area contributed by atoms with Crippen LogP contribution in [0.3, 0.4) is 0 Å². The van der Waals surface area contributed by atoms with E-state index in [1.54, 1.807) is 24.3 Å². The summed E-state index contributed by atoms with van der Waals surface area (Å²) in [6.45, 7) is 6.56. The van der Waals surface area contributed by atoms with Crippen LogP contribution in [0.4, 0.5) is 5.69 Å². The molecule has 5 aromatic carbocycles. The molecule has 6 rings (SSSR count). The van der Waals surface area contributed by atoms with Gasteiger partial charge < -0.3 is 19.9 Å². The molecule has 0 spiro atoms. The predicted octanol–water partition coefficient (Wildman–Crippen LogP) is 8.34. The van der Waals surface area contributed by atoms with E-state index in [4.69, 9.17) is 9.47 Å². The first-order chi connectivity index (χ1) is 21.2. The van der Waals surface area contributed by atoms with Gasteiger partial charge in [-0.25, -0.2) is 4.79 Å². The van der Waals surface area contributed by atoms with Gasteiger partial charge in [0.1, 0.15) is 0 Å². The summed E-state index contributed by atoms with van der Waals surface area (Å²) in [7, 11) is 0. The molecule has 1 aliphatic rings. The molecule has 1 amide bonds. The first-order valence-electron chi connectivity index (χ1n) is 14.6. The Bertz CT molecular complexity index is 1820. The molecule has 2 N–H and O–H groups in total. The number of carbonyl (C=O) groups is 2. The van der Waals surface area contributed by atoms with Crippen molar-refractivity contribution in [2.75, 3.05) is 12.1 Å². The second kappa shape index (κ2) is 12.1. The number of aromatic carboxylic acids is 1. The maximum absolute atomic E-state index is 13.8. The minimum Gasteiger partial charge on any atom is -0.478 e. The topological polar surface area (TPSA) is 84.9 Å². The third-order valence-corrected chi connectivity index (χ3v) is 8.09. The van der Waals surface area contributed by atoms with Crippen LogP contribution in [-0.2, 0) is 11.2 Å². The van der Waals surface area contributed by atoms with Gasteiger partial charge in [-0.15, -0.1) is 0 Å². The van der Waals surface area contributed by atoms with Crippen LogP contribution < -0.4 is 14.8 Å². The summed E-state index contributed by atoms with van der Waals surface area (Å²) >= 11 is 0. The summed E-state index contributed by atoms with van der Waals surface area (Å²) in [6.07, 6.45) is 0.412. The molecule has 6 nitrogen and oxygen atoms in total. The van der Waals surface area contributed by atoms with Gasteiger partial charge in [-0.1, -0.05) is 72.3 Å². The molecule has 0 aromatic heterocycles. The van der Waals surface area contributed by atoms with E-state index in [1.165, 1.54) is 22.3 Å². The van der Waals surface area contributed by atoms with Gasteiger partial charge in [-0.3, -0.25) is 4.79 Å². The van der Waals surface area contributed by atoms with Crippen LogP contribution in [0.5, 0.6) is 11.5 Å². The first-order valence-corrected chi connectivity index (χ1v) is 14.6. The standard InChI is InChI=1S/C38H33NO5/c1-23-18-24(2)36(25(3)19-23)29-12-15-32(16-13-29)39-37(40)33(20-26-4-6-30(7-5-26)38(41)42)28-10-8-27(9-11-28)31-14-17-34-35(21-31)44-22-43-34/h4-19,21,33H,20,22H2,1-3H3,(H,39,40)(H,41,42)/t33-/m1/s1. The van der Waals surface area contributed by atoms with Gasteiger partial charge in [0.2, 0.25) is 12.7 Å². The molecule has 0 saturated heterocycles. The third-order valence-electron chi connectivity index (χ3n) is 8.09. The molecule has 0 unspecified atom stereocenters. The van der Waals surface area contributed by atoms with Crippen molar-refractivity contribution >= 4 is 17.6 Å². The minimum absolute atomic E-state index is 0.140. The second-order valence-electron chi connectivity index (χ2n) is 11.3. The van der Waals surface area contributed by atoms with E-state index < -0.39 is 11.9 Å². The van der Waals surface area contributed by atoms with E-state index in [2.05, 4.69) is 38.2 Å². The second-order valence-corrected chi connectivity index (χ2v) is 11.3. The predicted molar refractivity (Wildman–Crippen MR) is 173 cm³/mol. The molecule has 6 heteroatoms. The Hall–Kier alpha value is -5.36. The number of carboxylic acids is 1. The lowest BCUT2D eigenvalue weighted by Gasteiger charge is -2.19. The molecular formula is C38H33NO5. The van der Waals surface area contributed by atoms with Gasteiger partial charge >= 0.3 is 5.97 Å². The van der Waals surface area contributed by atoms with Crippen molar-refractivity contribution in [1.29, 1.82) is 0 Å². The fourth-order valence-electron chi connectivity index (χ4n) is 5.95. The van der Waals surface area contributed by atoms with Gasteiger partial charge in [-0.05, 0) is 108 Å². The smallest absolute Gasteiger partial charge is 0.335 e. The Morgan fingerprint density at radius 2 is 1.34 bits per heavy atom. The molecule has 0 fully saturated rings. The monoisotopic (exact) mass is 583 g/mol. The fraction of sp³-hybridized carbons (Fsp3) is 0.158. The average Bonchev–Trinajstić information content (AvgIpc) is 3.49. The quantitative estimate of drug-likeness (QED) is 0.192. The molecule has 1 aliphatic heterocycles. The Balaban J connectivity index is 1.26. The lowest BCUT2D eigenvalue weighted by molar-refractivity contribution is -0.117. The number of ether oxygens (including phenoxy) is 2. The van der Waals surface area contributed by atoms with E-state index in [9.17, 15) is 14.7 Å². The van der Waals surface area contributed by atoms with Crippen molar-refractivity contribution in [3.8, 4) is 33.8 Å². The number of anilines is 1. The summed E-state index contributed by atoms with van der Waals surface area (Å²) in [4.78, 5) is 25.2. The molecule has 220 valence electrons. The Morgan fingerprint density at radius 1 is 0.727 bits per heavy atom. The number of carboxylic acid groups (broad SMARTS) is 1. The number of nitrogens with one attached hydrogen (secondary N) is 1. The van der Waals surface area contributed by atoms with Crippen molar-refractivity contribution in [2.24, 2.45) is 0 Å². The maximum atomic E-state index is 13.8. The highest BCUT2D eigenvalue weighted by Gasteiger charge is 2.23. The van der Waals surface area contributed by atoms with Gasteiger partial charge in [0.25, 0.3) is 0 Å². The van der Waals surface area contributed by atoms with Gasteiger partial charge in [0.05, 0.1) is 11.5 Å². The van der Waals surface area contributed by atoms with Gasteiger partial charge in [-0.2, -0.15) is 0 Å². The number of hydrogen-bond acceptors (Lipinski definition) is 4. The number of rotatable bonds is 8. The van der Waals surface area contributed by atoms with Crippen molar-refractivity contribution in [3.63, 3.8) is 0 Å². The molecular weight excluding hydrogens is 550 g/mol. The maximum Gasteiger partial charge on any atom is 0.335 e. The van der Waals surface area contributed by atoms with E-state index in [1.807, 2.05) is 66.7 Å². The van der Waals surface area contributed by atoms with E-state index in [0.29, 0.717) is 17.9 Å². The van der Waals surface area contributed by atoms with Gasteiger partial charge in [0.15, 0.2) is 11.5 Å². The van der Waals surface area contributed by atoms with Crippen LogP contribution in [0.25, 0.3) is 22.3 Å². The number of hydrogen-bond donors (Lipinski definition) is 2. The number of aryl methyl sites for hydroxylation is 3. The zero-order chi connectivity index (χ0) is 30.8. The van der Waals surface area contributed by atoms with Crippen LogP contribution in [0.2, 0.25) is 0 Å². The molecule has 0 aliphatic carbocycles. The van der Waals surface area contributed by atoms with E-state index >= 15 is 0 Å². The molecule has 1 heterocycles. The average molecular weight is 584 g/mol. The van der Waals surface area contributed by atoms with Crippen LogP contribution in [-0.4, -0.2) is 23.8 Å². The summed E-state index contributed by atoms with van der Waals surface area (Å²) in [6, 6.07) is 32.8. The molecule has 0 bridgehead atoms. The third kappa shape index (κ3) is 6.06. The van der Waals surface area contributed by atoms with Crippen LogP contribution in [0.15, 0.2) is 103 Å². The van der Waals surface area contributed by atoms with Crippen molar-refractivity contribution in [1.82, 2.24) is 0 Å². The first kappa shape index (κ1) is 28.7. The Morgan fingerprint density at radius 3 is 2.00 bits per heavy atom. The van der Waals surface area contributed by atoms with E-state index in [-0.39, 0.29) is 18.3 Å². The van der Waals surface area contributed by atoms with Crippen LogP contribution >= 0.6 is 0 Å². The number of benzene rings is 5. The fourth-order valence-corrected chi connectivity index (χ4v) is 5.95. The summed E-state index contributed by atoms with van der Waals surface area (Å²) in [5.74, 6) is -0.179. The Labute approximate surface area is 256 Å². The van der Waals surface area contributed by atoms with Crippen LogP contribution in [0, 0.1) is 20.8 Å². The van der Waals surface area contributed by atoms with Crippen LogP contribution in [0.1, 0.15) is 44.1 Å². The molecule has 0 radical (unpaired) electrons. The van der Waals surface area contributed by atoms with Crippen molar-refractivity contribution in [3.05, 3.63) is 137 Å². The van der Waals surface area contributed by atoms with Crippen molar-refractivity contribution < 1.29 is 24.2 Å². The number of amides is 1. The molecule has 0 saturated carbocycles. The minimum atomic E-state index is -0.982. The molecule has 44 heavy (non-hydrogen) atoms. The number of fused-ring (bicyclic) bond motifs is 1. The summed E-state index contributed by atoms with van der Waals surface area (Å²) in [5, 5.41) is 12.4. The normalized spacial score (nSPS) is 12.5. The summed E-state index contributed by atoms with van der Waals surface area (Å²) < 4.78 is 11.0. The highest BCUT2D eigenvalue weighted by atomic mass is 16.7.